The van der Waals surface area contributed by atoms with Crippen LogP contribution < -0.4 is 0 Å². The van der Waals surface area contributed by atoms with Crippen molar-refractivity contribution in [2.75, 3.05) is 6.26 Å². The molecule has 0 radical (unpaired) electrons. The maximum absolute atomic E-state index is 11.8. The Bertz CT molecular complexity index is 934. The maximum atomic E-state index is 11.8. The number of benzene rings is 1. The average Bonchev–Trinajstić information content (AvgIpc) is 2.92. The van der Waals surface area contributed by atoms with Gasteiger partial charge in [-0.3, -0.25) is 14.3 Å². The highest BCUT2D eigenvalue weighted by Crippen LogP contribution is 2.27. The van der Waals surface area contributed by atoms with Gasteiger partial charge in [-0.25, -0.2) is 9.97 Å². The second-order valence-electron chi connectivity index (χ2n) is 5.15. The molecule has 0 aliphatic rings. The summed E-state index contributed by atoms with van der Waals surface area (Å²) in [5.74, 6) is -1.23. The number of carbonyl (C=O) groups excluding carboxylic acids is 1. The van der Waals surface area contributed by atoms with E-state index in [1.54, 1.807) is 18.5 Å². The van der Waals surface area contributed by atoms with Crippen molar-refractivity contribution in [3.8, 4) is 11.1 Å². The first kappa shape index (κ1) is 16.1. The van der Waals surface area contributed by atoms with Crippen LogP contribution in [0.15, 0.2) is 35.7 Å². The number of carbonyl (C=O) groups is 2. The summed E-state index contributed by atoms with van der Waals surface area (Å²) in [6.45, 7) is 1.12. The zero-order valence-electron chi connectivity index (χ0n) is 13.1. The summed E-state index contributed by atoms with van der Waals surface area (Å²) in [5, 5.41) is 14.4. The fourth-order valence-electron chi connectivity index (χ4n) is 2.44. The van der Waals surface area contributed by atoms with Gasteiger partial charge in [0.05, 0.1) is 5.52 Å². The summed E-state index contributed by atoms with van der Waals surface area (Å²) in [6, 6.07) is 5.41. The molecular formula is C16H14N4O3S. The highest BCUT2D eigenvalue weighted by molar-refractivity contribution is 7.98. The maximum Gasteiger partial charge on any atom is 0.325 e. The molecule has 1 aromatic carbocycles. The van der Waals surface area contributed by atoms with Crippen LogP contribution in [0.3, 0.4) is 0 Å². The van der Waals surface area contributed by atoms with Gasteiger partial charge in [0.1, 0.15) is 12.2 Å². The third-order valence-electron chi connectivity index (χ3n) is 3.51. The first-order valence-corrected chi connectivity index (χ1v) is 8.31. The van der Waals surface area contributed by atoms with E-state index in [9.17, 15) is 9.59 Å². The number of aromatic nitrogens is 4. The SMILES string of the molecule is CSc1ncc(-c2ccc3c(c2)c(C(C)=O)nn3CC(=O)O)cn1. The second-order valence-corrected chi connectivity index (χ2v) is 5.92. The van der Waals surface area contributed by atoms with Crippen molar-refractivity contribution in [3.05, 3.63) is 36.3 Å². The Morgan fingerprint density at radius 1 is 1.21 bits per heavy atom. The van der Waals surface area contributed by atoms with Crippen molar-refractivity contribution in [1.82, 2.24) is 19.7 Å². The molecule has 0 saturated heterocycles. The van der Waals surface area contributed by atoms with Gasteiger partial charge in [-0.05, 0) is 24.0 Å². The molecule has 24 heavy (non-hydrogen) atoms. The normalized spacial score (nSPS) is 10.9. The number of thioether (sulfide) groups is 1. The fourth-order valence-corrected chi connectivity index (χ4v) is 2.75. The average molecular weight is 342 g/mol. The molecular weight excluding hydrogens is 328 g/mol. The molecule has 7 nitrogen and oxygen atoms in total. The number of hydrogen-bond donors (Lipinski definition) is 1. The zero-order valence-corrected chi connectivity index (χ0v) is 13.9. The van der Waals surface area contributed by atoms with Gasteiger partial charge in [-0.15, -0.1) is 0 Å². The summed E-state index contributed by atoms with van der Waals surface area (Å²) in [6.07, 6.45) is 5.33. The largest absolute Gasteiger partial charge is 0.480 e. The van der Waals surface area contributed by atoms with E-state index in [-0.39, 0.29) is 18.0 Å². The van der Waals surface area contributed by atoms with Crippen LogP contribution in [0, 0.1) is 0 Å². The monoisotopic (exact) mass is 342 g/mol. The van der Waals surface area contributed by atoms with E-state index in [1.807, 2.05) is 18.4 Å². The second kappa shape index (κ2) is 6.40. The number of carboxylic acid groups (broad SMARTS) is 1. The van der Waals surface area contributed by atoms with Crippen LogP contribution in [0.5, 0.6) is 0 Å². The molecule has 8 heteroatoms. The lowest BCUT2D eigenvalue weighted by atomic mass is 10.0. The van der Waals surface area contributed by atoms with E-state index >= 15 is 0 Å². The van der Waals surface area contributed by atoms with Gasteiger partial charge in [-0.2, -0.15) is 5.10 Å². The minimum Gasteiger partial charge on any atom is -0.480 e. The fraction of sp³-hybridized carbons (Fsp3) is 0.188. The summed E-state index contributed by atoms with van der Waals surface area (Å²) in [7, 11) is 0. The summed E-state index contributed by atoms with van der Waals surface area (Å²) < 4.78 is 1.32. The third kappa shape index (κ3) is 3.00. The van der Waals surface area contributed by atoms with Crippen molar-refractivity contribution >= 4 is 34.4 Å². The molecule has 2 aromatic heterocycles. The Labute approximate surface area is 141 Å². The number of rotatable bonds is 5. The Balaban J connectivity index is 2.13. The summed E-state index contributed by atoms with van der Waals surface area (Å²) in [5.41, 5.74) is 2.52. The number of fused-ring (bicyclic) bond motifs is 1. The third-order valence-corrected chi connectivity index (χ3v) is 4.09. The van der Waals surface area contributed by atoms with Gasteiger partial charge >= 0.3 is 5.97 Å². The predicted molar refractivity (Wildman–Crippen MR) is 90.2 cm³/mol. The number of Topliss-reactive ketones (excluding diaryl/α,β-unsaturated/α-hetero) is 1. The lowest BCUT2D eigenvalue weighted by Gasteiger charge is -2.03. The number of carboxylic acids is 1. The molecule has 0 bridgehead atoms. The lowest BCUT2D eigenvalue weighted by molar-refractivity contribution is -0.137. The van der Waals surface area contributed by atoms with Gasteiger partial charge in [0.2, 0.25) is 0 Å². The van der Waals surface area contributed by atoms with Gasteiger partial charge < -0.3 is 5.11 Å². The summed E-state index contributed by atoms with van der Waals surface area (Å²) in [4.78, 5) is 31.3. The molecule has 0 atom stereocenters. The van der Waals surface area contributed by atoms with Crippen LogP contribution in [0.25, 0.3) is 22.0 Å². The molecule has 3 aromatic rings. The van der Waals surface area contributed by atoms with Crippen LogP contribution in [0.2, 0.25) is 0 Å². The Kier molecular flexibility index (Phi) is 4.30. The molecule has 0 aliphatic carbocycles. The molecule has 0 spiro atoms. The molecule has 0 aliphatic heterocycles. The smallest absolute Gasteiger partial charge is 0.325 e. The Morgan fingerprint density at radius 2 is 1.92 bits per heavy atom. The topological polar surface area (TPSA) is 98.0 Å². The minimum atomic E-state index is -1.01. The standard InChI is InChI=1S/C16H14N4O3S/c1-9(21)15-12-5-10(11-6-17-16(24-2)18-7-11)3-4-13(12)20(19-15)8-14(22)23/h3-7H,8H2,1-2H3,(H,22,23). The molecule has 2 heterocycles. The predicted octanol–water partition coefficient (Wildman–Crippen LogP) is 2.50. The highest BCUT2D eigenvalue weighted by atomic mass is 32.2. The van der Waals surface area contributed by atoms with Crippen LogP contribution in [0.1, 0.15) is 17.4 Å². The van der Waals surface area contributed by atoms with E-state index in [2.05, 4.69) is 15.1 Å². The molecule has 122 valence electrons. The molecule has 3 rings (SSSR count). The molecule has 0 saturated carbocycles. The zero-order chi connectivity index (χ0) is 17.3. The van der Waals surface area contributed by atoms with Crippen molar-refractivity contribution < 1.29 is 14.7 Å². The molecule has 0 unspecified atom stereocenters. The van der Waals surface area contributed by atoms with Gasteiger partial charge in [0.25, 0.3) is 0 Å². The van der Waals surface area contributed by atoms with Crippen LogP contribution in [-0.4, -0.2) is 42.9 Å². The lowest BCUT2D eigenvalue weighted by Crippen LogP contribution is -2.10. The van der Waals surface area contributed by atoms with Gasteiger partial charge in [-0.1, -0.05) is 17.8 Å². The molecule has 0 amide bonds. The van der Waals surface area contributed by atoms with Gasteiger partial charge in [0, 0.05) is 30.3 Å². The summed E-state index contributed by atoms with van der Waals surface area (Å²) >= 11 is 1.45. The van der Waals surface area contributed by atoms with E-state index in [1.165, 1.54) is 23.4 Å². The quantitative estimate of drug-likeness (QED) is 0.432. The van der Waals surface area contributed by atoms with Gasteiger partial charge in [0.15, 0.2) is 10.9 Å². The number of nitrogens with zero attached hydrogens (tertiary/aromatic N) is 4. The van der Waals surface area contributed by atoms with Crippen molar-refractivity contribution in [1.29, 1.82) is 0 Å². The van der Waals surface area contributed by atoms with E-state index in [0.717, 1.165) is 11.1 Å². The van der Waals surface area contributed by atoms with Crippen molar-refractivity contribution in [3.63, 3.8) is 0 Å². The van der Waals surface area contributed by atoms with Crippen molar-refractivity contribution in [2.24, 2.45) is 0 Å². The van der Waals surface area contributed by atoms with E-state index in [0.29, 0.717) is 16.1 Å². The Hall–Kier alpha value is -2.74. The number of aliphatic carboxylic acids is 1. The van der Waals surface area contributed by atoms with Crippen molar-refractivity contribution in [2.45, 2.75) is 18.6 Å². The minimum absolute atomic E-state index is 0.213. The first-order chi connectivity index (χ1) is 11.5. The number of hydrogen-bond acceptors (Lipinski definition) is 6. The first-order valence-electron chi connectivity index (χ1n) is 7.09. The van der Waals surface area contributed by atoms with Crippen LogP contribution in [0.4, 0.5) is 0 Å². The van der Waals surface area contributed by atoms with Crippen LogP contribution >= 0.6 is 11.8 Å². The van der Waals surface area contributed by atoms with E-state index < -0.39 is 5.97 Å². The molecule has 0 fully saturated rings. The van der Waals surface area contributed by atoms with E-state index in [4.69, 9.17) is 5.11 Å². The Morgan fingerprint density at radius 3 is 2.50 bits per heavy atom. The molecule has 1 N–H and O–H groups in total. The van der Waals surface area contributed by atoms with Crippen LogP contribution in [-0.2, 0) is 11.3 Å². The highest BCUT2D eigenvalue weighted by Gasteiger charge is 2.16. The number of ketones is 1.